The summed E-state index contributed by atoms with van der Waals surface area (Å²) in [5, 5.41) is 20.8. The molecule has 0 saturated carbocycles. The van der Waals surface area contributed by atoms with E-state index >= 15 is 0 Å². The number of benzene rings is 1. The molecule has 1 aliphatic heterocycles. The molecule has 7 heteroatoms. The fraction of sp³-hybridized carbons (Fsp3) is 0.133. The Hall–Kier alpha value is -3.09. The molecule has 3 N–H and O–H groups in total. The largest absolute Gasteiger partial charge is 0.507 e. The van der Waals surface area contributed by atoms with Crippen molar-refractivity contribution in [2.24, 2.45) is 0 Å². The molecule has 1 aliphatic rings. The Balaban J connectivity index is 2.05. The van der Waals surface area contributed by atoms with Gasteiger partial charge in [-0.3, -0.25) is 9.69 Å². The van der Waals surface area contributed by atoms with Crippen LogP contribution in [0.5, 0.6) is 5.75 Å². The van der Waals surface area contributed by atoms with Crippen LogP contribution >= 0.6 is 0 Å². The van der Waals surface area contributed by atoms with Gasteiger partial charge in [-0.15, -0.1) is 0 Å². The van der Waals surface area contributed by atoms with Gasteiger partial charge in [-0.05, 0) is 23.8 Å². The second-order valence-electron chi connectivity index (χ2n) is 4.77. The number of urea groups is 1. The minimum atomic E-state index is -1.27. The zero-order valence-electron chi connectivity index (χ0n) is 11.6. The van der Waals surface area contributed by atoms with Gasteiger partial charge in [0.2, 0.25) is 0 Å². The zero-order valence-corrected chi connectivity index (χ0v) is 11.6. The smallest absolute Gasteiger partial charge is 0.339 e. The normalized spacial score (nSPS) is 13.9. The summed E-state index contributed by atoms with van der Waals surface area (Å²) in [5.41, 5.74) is 0.626. The maximum atomic E-state index is 12.0. The van der Waals surface area contributed by atoms with E-state index in [4.69, 9.17) is 5.11 Å². The minimum absolute atomic E-state index is 0.0425. The van der Waals surface area contributed by atoms with Gasteiger partial charge in [-0.1, -0.05) is 12.6 Å². The first-order chi connectivity index (χ1) is 10.4. The van der Waals surface area contributed by atoms with Crippen molar-refractivity contribution in [1.29, 1.82) is 0 Å². The zero-order chi connectivity index (χ0) is 16.3. The van der Waals surface area contributed by atoms with E-state index in [1.807, 2.05) is 0 Å². The van der Waals surface area contributed by atoms with Gasteiger partial charge in [0.05, 0.1) is 6.54 Å². The summed E-state index contributed by atoms with van der Waals surface area (Å²) >= 11 is 0. The summed E-state index contributed by atoms with van der Waals surface area (Å²) in [6.07, 6.45) is 2.98. The van der Waals surface area contributed by atoms with Gasteiger partial charge in [0.25, 0.3) is 0 Å². The van der Waals surface area contributed by atoms with E-state index < -0.39 is 12.0 Å². The molecule has 2 rings (SSSR count). The summed E-state index contributed by atoms with van der Waals surface area (Å²) in [6.45, 7) is 3.43. The van der Waals surface area contributed by atoms with Gasteiger partial charge in [0, 0.05) is 18.3 Å². The fourth-order valence-electron chi connectivity index (χ4n) is 1.96. The third kappa shape index (κ3) is 3.51. The van der Waals surface area contributed by atoms with E-state index in [0.717, 1.165) is 0 Å². The van der Waals surface area contributed by atoms with E-state index in [9.17, 15) is 19.5 Å². The molecule has 1 aromatic rings. The third-order valence-corrected chi connectivity index (χ3v) is 3.02. The van der Waals surface area contributed by atoms with Gasteiger partial charge in [0.15, 0.2) is 5.78 Å². The number of nitrogens with one attached hydrogen (secondary N) is 1. The third-order valence-electron chi connectivity index (χ3n) is 3.02. The Bertz CT molecular complexity index is 693. The fourth-order valence-corrected chi connectivity index (χ4v) is 1.96. The average molecular weight is 302 g/mol. The Morgan fingerprint density at radius 1 is 1.32 bits per heavy atom. The van der Waals surface area contributed by atoms with Crippen molar-refractivity contribution >= 4 is 17.8 Å². The van der Waals surface area contributed by atoms with Crippen molar-refractivity contribution in [2.75, 3.05) is 6.54 Å². The molecular weight excluding hydrogens is 288 g/mol. The van der Waals surface area contributed by atoms with E-state index in [1.165, 1.54) is 29.3 Å². The molecule has 0 aliphatic carbocycles. The van der Waals surface area contributed by atoms with Crippen LogP contribution in [0.3, 0.4) is 0 Å². The molecular formula is C15H14N2O5. The van der Waals surface area contributed by atoms with Crippen LogP contribution in [0.2, 0.25) is 0 Å². The second kappa shape index (κ2) is 6.13. The molecule has 0 aromatic heterocycles. The topological polar surface area (TPSA) is 107 Å². The molecule has 0 unspecified atom stereocenters. The first-order valence-corrected chi connectivity index (χ1v) is 6.38. The Morgan fingerprint density at radius 3 is 2.68 bits per heavy atom. The molecule has 0 radical (unpaired) electrons. The highest BCUT2D eigenvalue weighted by Gasteiger charge is 2.19. The Morgan fingerprint density at radius 2 is 2.05 bits per heavy atom. The number of Topliss-reactive ketones (excluding diaryl/α,β-unsaturated/α-hetero) is 1. The lowest BCUT2D eigenvalue weighted by Gasteiger charge is -2.22. The number of amides is 2. The molecule has 0 spiro atoms. The number of nitrogens with zero attached hydrogens (tertiary/aromatic N) is 1. The van der Waals surface area contributed by atoms with Gasteiger partial charge in [-0.2, -0.15) is 0 Å². The number of hydrogen-bond donors (Lipinski definition) is 3. The Kier molecular flexibility index (Phi) is 4.26. The van der Waals surface area contributed by atoms with Crippen molar-refractivity contribution in [3.63, 3.8) is 0 Å². The van der Waals surface area contributed by atoms with Crippen LogP contribution < -0.4 is 5.32 Å². The number of carboxylic acid groups (broad SMARTS) is 1. The van der Waals surface area contributed by atoms with Gasteiger partial charge < -0.3 is 15.5 Å². The van der Waals surface area contributed by atoms with Crippen LogP contribution in [0.15, 0.2) is 42.8 Å². The molecule has 22 heavy (non-hydrogen) atoms. The average Bonchev–Trinajstić information content (AvgIpc) is 2.44. The van der Waals surface area contributed by atoms with Crippen LogP contribution in [-0.4, -0.2) is 39.4 Å². The van der Waals surface area contributed by atoms with Crippen molar-refractivity contribution in [2.45, 2.75) is 6.42 Å². The number of carbonyl (C=O) groups is 3. The number of phenols is 1. The van der Waals surface area contributed by atoms with E-state index in [1.54, 1.807) is 6.08 Å². The van der Waals surface area contributed by atoms with Crippen LogP contribution in [0.25, 0.3) is 0 Å². The van der Waals surface area contributed by atoms with Crippen molar-refractivity contribution < 1.29 is 24.6 Å². The van der Waals surface area contributed by atoms with E-state index in [0.29, 0.717) is 11.3 Å². The first kappa shape index (κ1) is 15.3. The lowest BCUT2D eigenvalue weighted by Crippen LogP contribution is -2.41. The highest BCUT2D eigenvalue weighted by molar-refractivity contribution is 5.92. The lowest BCUT2D eigenvalue weighted by molar-refractivity contribution is -0.118. The van der Waals surface area contributed by atoms with Crippen LogP contribution in [0.4, 0.5) is 4.79 Å². The number of allylic oxidation sites excluding steroid dienone is 1. The number of aromatic carboxylic acids is 1. The van der Waals surface area contributed by atoms with Crippen molar-refractivity contribution in [3.05, 3.63) is 53.9 Å². The number of hydrogen-bond acceptors (Lipinski definition) is 4. The number of rotatable bonds is 5. The summed E-state index contributed by atoms with van der Waals surface area (Å²) < 4.78 is 0. The van der Waals surface area contributed by atoms with Crippen LogP contribution in [-0.2, 0) is 11.2 Å². The van der Waals surface area contributed by atoms with Gasteiger partial charge >= 0.3 is 12.0 Å². The van der Waals surface area contributed by atoms with Crippen LogP contribution in [0.1, 0.15) is 15.9 Å². The summed E-state index contributed by atoms with van der Waals surface area (Å²) in [6, 6.07) is 3.48. The van der Waals surface area contributed by atoms with Crippen molar-refractivity contribution in [1.82, 2.24) is 10.2 Å². The molecule has 1 heterocycles. The molecule has 2 amide bonds. The maximum absolute atomic E-state index is 12.0. The number of ketones is 1. The molecule has 0 fully saturated rings. The molecule has 7 nitrogen and oxygen atoms in total. The summed E-state index contributed by atoms with van der Waals surface area (Å²) in [5.74, 6) is -1.90. The minimum Gasteiger partial charge on any atom is -0.507 e. The molecule has 0 saturated heterocycles. The predicted molar refractivity (Wildman–Crippen MR) is 77.3 cm³/mol. The maximum Gasteiger partial charge on any atom is 0.339 e. The second-order valence-corrected chi connectivity index (χ2v) is 4.77. The molecule has 114 valence electrons. The molecule has 0 bridgehead atoms. The standard InChI is InChI=1S/C15H14N2O5/c1-9-4-5-17(15(22)16-9)8-11(18)6-10-2-3-13(19)12(7-10)14(20)21/h2-5,7,19H,1,6,8H2,(H,16,22)(H,20,21). The van der Waals surface area contributed by atoms with E-state index in [2.05, 4.69) is 11.9 Å². The lowest BCUT2D eigenvalue weighted by atomic mass is 10.0. The summed E-state index contributed by atoms with van der Waals surface area (Å²) in [7, 11) is 0. The highest BCUT2D eigenvalue weighted by atomic mass is 16.4. The SMILES string of the molecule is C=C1C=CN(CC(=O)Cc2ccc(O)c(C(=O)O)c2)C(=O)N1. The van der Waals surface area contributed by atoms with Crippen LogP contribution in [0, 0.1) is 0 Å². The molecule has 1 aromatic carbocycles. The number of carboxylic acids is 1. The molecule has 0 atom stereocenters. The van der Waals surface area contributed by atoms with E-state index in [-0.39, 0.29) is 30.1 Å². The first-order valence-electron chi connectivity index (χ1n) is 6.38. The number of aromatic hydroxyl groups is 1. The monoisotopic (exact) mass is 302 g/mol. The summed E-state index contributed by atoms with van der Waals surface area (Å²) in [4.78, 5) is 35.7. The van der Waals surface area contributed by atoms with Gasteiger partial charge in [0.1, 0.15) is 11.3 Å². The van der Waals surface area contributed by atoms with Crippen molar-refractivity contribution in [3.8, 4) is 5.75 Å². The number of carbonyl (C=O) groups excluding carboxylic acids is 2. The Labute approximate surface area is 126 Å². The quantitative estimate of drug-likeness (QED) is 0.759. The van der Waals surface area contributed by atoms with Gasteiger partial charge in [-0.25, -0.2) is 9.59 Å². The highest BCUT2D eigenvalue weighted by Crippen LogP contribution is 2.19. The predicted octanol–water partition coefficient (Wildman–Crippen LogP) is 1.25.